The molecule has 32 heavy (non-hydrogen) atoms. The first-order chi connectivity index (χ1) is 15.8. The summed E-state index contributed by atoms with van der Waals surface area (Å²) in [5.41, 5.74) is 2.95. The van der Waals surface area contributed by atoms with E-state index in [0.717, 1.165) is 16.7 Å². The fourth-order valence-electron chi connectivity index (χ4n) is 3.43. The first-order valence-corrected chi connectivity index (χ1v) is 10.6. The van der Waals surface area contributed by atoms with Crippen molar-refractivity contribution in [1.82, 2.24) is 0 Å². The Balaban J connectivity index is 1.45. The third-order valence-electron chi connectivity index (χ3n) is 5.14. The van der Waals surface area contributed by atoms with Gasteiger partial charge in [0, 0.05) is 0 Å². The van der Waals surface area contributed by atoms with Crippen LogP contribution in [0.4, 0.5) is 0 Å². The Kier molecular flexibility index (Phi) is 7.69. The molecule has 4 rings (SSSR count). The smallest absolute Gasteiger partial charge is 0.350 e. The predicted octanol–water partition coefficient (Wildman–Crippen LogP) is 4.81. The molecular weight excluding hydrogens is 404 g/mol. The van der Waals surface area contributed by atoms with Gasteiger partial charge in [-0.25, -0.2) is 4.79 Å². The molecule has 1 aliphatic heterocycles. The largest absolute Gasteiger partial charge is 0.484 e. The van der Waals surface area contributed by atoms with E-state index in [1.54, 1.807) is 6.08 Å². The van der Waals surface area contributed by atoms with Crippen molar-refractivity contribution in [1.29, 1.82) is 0 Å². The zero-order valence-electron chi connectivity index (χ0n) is 17.7. The summed E-state index contributed by atoms with van der Waals surface area (Å²) < 4.78 is 23.4. The molecule has 5 heteroatoms. The molecule has 0 saturated heterocycles. The molecule has 0 amide bonds. The van der Waals surface area contributed by atoms with Gasteiger partial charge in [-0.2, -0.15) is 0 Å². The van der Waals surface area contributed by atoms with E-state index in [4.69, 9.17) is 18.9 Å². The monoisotopic (exact) mass is 430 g/mol. The van der Waals surface area contributed by atoms with Gasteiger partial charge < -0.3 is 18.9 Å². The molecule has 3 aromatic carbocycles. The van der Waals surface area contributed by atoms with Crippen LogP contribution in [0.25, 0.3) is 0 Å². The summed E-state index contributed by atoms with van der Waals surface area (Å²) in [7, 11) is 0. The van der Waals surface area contributed by atoms with Gasteiger partial charge in [-0.15, -0.1) is 0 Å². The van der Waals surface area contributed by atoms with Crippen LogP contribution in [-0.2, 0) is 43.6 Å². The normalized spacial score (nSPS) is 19.8. The lowest BCUT2D eigenvalue weighted by Crippen LogP contribution is -2.48. The highest BCUT2D eigenvalue weighted by molar-refractivity contribution is 5.76. The van der Waals surface area contributed by atoms with Crippen molar-refractivity contribution in [2.75, 3.05) is 0 Å². The van der Waals surface area contributed by atoms with Crippen molar-refractivity contribution in [2.45, 2.75) is 38.1 Å². The van der Waals surface area contributed by atoms with Crippen molar-refractivity contribution >= 4 is 5.97 Å². The second kappa shape index (κ2) is 11.3. The average molecular weight is 431 g/mol. The summed E-state index contributed by atoms with van der Waals surface area (Å²) in [5, 5.41) is 0. The summed E-state index contributed by atoms with van der Waals surface area (Å²) in [4.78, 5) is 12.9. The Labute approximate surface area is 188 Å². The van der Waals surface area contributed by atoms with Crippen molar-refractivity contribution in [2.24, 2.45) is 0 Å². The van der Waals surface area contributed by atoms with Crippen molar-refractivity contribution in [3.63, 3.8) is 0 Å². The molecule has 0 fully saturated rings. The van der Waals surface area contributed by atoms with Gasteiger partial charge in [0.15, 0.2) is 0 Å². The molecule has 0 N–H and O–H groups in total. The van der Waals surface area contributed by atoms with Gasteiger partial charge in [0.1, 0.15) is 18.8 Å². The second-order valence-electron chi connectivity index (χ2n) is 7.50. The molecule has 1 heterocycles. The van der Waals surface area contributed by atoms with Crippen LogP contribution in [0, 0.1) is 0 Å². The maximum atomic E-state index is 12.9. The minimum absolute atomic E-state index is 0.171. The van der Waals surface area contributed by atoms with Crippen LogP contribution in [0.3, 0.4) is 0 Å². The molecule has 0 unspecified atom stereocenters. The third-order valence-corrected chi connectivity index (χ3v) is 5.14. The van der Waals surface area contributed by atoms with Crippen molar-refractivity contribution < 1.29 is 23.7 Å². The van der Waals surface area contributed by atoms with E-state index in [1.165, 1.54) is 6.26 Å². The number of ether oxygens (including phenoxy) is 4. The predicted molar refractivity (Wildman–Crippen MR) is 120 cm³/mol. The Morgan fingerprint density at radius 1 is 0.688 bits per heavy atom. The maximum Gasteiger partial charge on any atom is 0.350 e. The molecule has 0 saturated carbocycles. The molecule has 0 spiro atoms. The van der Waals surface area contributed by atoms with E-state index in [9.17, 15) is 4.79 Å². The van der Waals surface area contributed by atoms with Gasteiger partial charge in [0.2, 0.25) is 6.10 Å². The lowest BCUT2D eigenvalue weighted by Gasteiger charge is -2.33. The molecule has 0 aliphatic carbocycles. The van der Waals surface area contributed by atoms with Crippen LogP contribution < -0.4 is 0 Å². The Morgan fingerprint density at radius 3 is 1.75 bits per heavy atom. The number of rotatable bonds is 9. The highest BCUT2D eigenvalue weighted by Gasteiger charge is 2.40. The van der Waals surface area contributed by atoms with E-state index in [0.29, 0.717) is 13.2 Å². The standard InChI is InChI=1S/C27H26O5/c28-27(32-20-23-14-8-3-9-15-23)26-25(31-19-22-12-6-2-7-13-22)24(16-17-29-26)30-18-21-10-4-1-5-11-21/h1-17,24-26H,18-20H2/t24-,25+,26+/m1/s1. The van der Waals surface area contributed by atoms with E-state index in [1.807, 2.05) is 91.0 Å². The number of benzene rings is 3. The highest BCUT2D eigenvalue weighted by atomic mass is 16.6. The van der Waals surface area contributed by atoms with Crippen molar-refractivity contribution in [3.05, 3.63) is 120 Å². The van der Waals surface area contributed by atoms with Gasteiger partial charge in [-0.05, 0) is 22.8 Å². The van der Waals surface area contributed by atoms with Crippen LogP contribution in [0.1, 0.15) is 16.7 Å². The molecule has 3 atom stereocenters. The molecule has 0 bridgehead atoms. The molecule has 3 aromatic rings. The fraction of sp³-hybridized carbons (Fsp3) is 0.222. The summed E-state index contributed by atoms with van der Waals surface area (Å²) in [6.45, 7) is 0.896. The summed E-state index contributed by atoms with van der Waals surface area (Å²) in [6.07, 6.45) is 1.24. The average Bonchev–Trinajstić information content (AvgIpc) is 2.86. The summed E-state index contributed by atoms with van der Waals surface area (Å²) >= 11 is 0. The minimum atomic E-state index is -0.923. The summed E-state index contributed by atoms with van der Waals surface area (Å²) in [5.74, 6) is -0.482. The zero-order valence-corrected chi connectivity index (χ0v) is 17.7. The van der Waals surface area contributed by atoms with Crippen LogP contribution >= 0.6 is 0 Å². The van der Waals surface area contributed by atoms with Crippen LogP contribution in [0.2, 0.25) is 0 Å². The molecule has 5 nitrogen and oxygen atoms in total. The first-order valence-electron chi connectivity index (χ1n) is 10.6. The Hall–Kier alpha value is -3.41. The van der Waals surface area contributed by atoms with E-state index in [-0.39, 0.29) is 6.61 Å². The molecule has 0 aromatic heterocycles. The summed E-state index contributed by atoms with van der Waals surface area (Å²) in [6, 6.07) is 29.2. The number of carbonyl (C=O) groups is 1. The third kappa shape index (κ3) is 6.06. The first kappa shape index (κ1) is 21.8. The van der Waals surface area contributed by atoms with E-state index in [2.05, 4.69) is 0 Å². The zero-order chi connectivity index (χ0) is 22.0. The van der Waals surface area contributed by atoms with Gasteiger partial charge in [0.05, 0.1) is 19.5 Å². The molecule has 0 radical (unpaired) electrons. The molecule has 164 valence electrons. The fourth-order valence-corrected chi connectivity index (χ4v) is 3.43. The lowest BCUT2D eigenvalue weighted by molar-refractivity contribution is -0.178. The highest BCUT2D eigenvalue weighted by Crippen LogP contribution is 2.23. The SMILES string of the molecule is O=C(OCc1ccccc1)[C@H]1OC=C[C@@H](OCc2ccccc2)[C@@H]1OCc1ccccc1. The van der Waals surface area contributed by atoms with Gasteiger partial charge in [-0.1, -0.05) is 91.0 Å². The maximum absolute atomic E-state index is 12.9. The second-order valence-corrected chi connectivity index (χ2v) is 7.50. The van der Waals surface area contributed by atoms with E-state index >= 15 is 0 Å². The number of hydrogen-bond acceptors (Lipinski definition) is 5. The molecular formula is C27H26O5. The number of hydrogen-bond donors (Lipinski definition) is 0. The van der Waals surface area contributed by atoms with Gasteiger partial charge >= 0.3 is 5.97 Å². The Morgan fingerprint density at radius 2 is 1.19 bits per heavy atom. The van der Waals surface area contributed by atoms with E-state index < -0.39 is 24.3 Å². The van der Waals surface area contributed by atoms with Crippen LogP contribution in [-0.4, -0.2) is 24.3 Å². The minimum Gasteiger partial charge on any atom is -0.484 e. The topological polar surface area (TPSA) is 54.0 Å². The van der Waals surface area contributed by atoms with Crippen molar-refractivity contribution in [3.8, 4) is 0 Å². The Bertz CT molecular complexity index is 988. The molecule has 1 aliphatic rings. The van der Waals surface area contributed by atoms with Gasteiger partial charge in [-0.3, -0.25) is 0 Å². The van der Waals surface area contributed by atoms with Gasteiger partial charge in [0.25, 0.3) is 0 Å². The van der Waals surface area contributed by atoms with Crippen LogP contribution in [0.5, 0.6) is 0 Å². The van der Waals surface area contributed by atoms with Crippen LogP contribution in [0.15, 0.2) is 103 Å². The lowest BCUT2D eigenvalue weighted by atomic mass is 10.0. The number of carbonyl (C=O) groups excluding carboxylic acids is 1. The number of esters is 1. The quantitative estimate of drug-likeness (QED) is 0.456.